The SMILES string of the molecule is CN(C)c1cccc(N(C)CCc2ccncc2)c1. The molecule has 2 aromatic rings. The van der Waals surface area contributed by atoms with E-state index in [0.29, 0.717) is 0 Å². The third-order valence-electron chi connectivity index (χ3n) is 3.27. The lowest BCUT2D eigenvalue weighted by atomic mass is 10.2. The molecule has 0 fully saturated rings. The summed E-state index contributed by atoms with van der Waals surface area (Å²) in [5.41, 5.74) is 3.80. The van der Waals surface area contributed by atoms with E-state index in [9.17, 15) is 0 Å². The van der Waals surface area contributed by atoms with Gasteiger partial charge in [-0.15, -0.1) is 0 Å². The van der Waals surface area contributed by atoms with E-state index in [1.54, 1.807) is 0 Å². The topological polar surface area (TPSA) is 19.4 Å². The largest absolute Gasteiger partial charge is 0.378 e. The highest BCUT2D eigenvalue weighted by atomic mass is 15.1. The summed E-state index contributed by atoms with van der Waals surface area (Å²) in [7, 11) is 6.27. The number of hydrogen-bond donors (Lipinski definition) is 0. The van der Waals surface area contributed by atoms with Crippen LogP contribution in [-0.4, -0.2) is 32.7 Å². The zero-order valence-corrected chi connectivity index (χ0v) is 11.9. The highest BCUT2D eigenvalue weighted by molar-refractivity contribution is 5.58. The van der Waals surface area contributed by atoms with Gasteiger partial charge in [-0.3, -0.25) is 4.98 Å². The Morgan fingerprint density at radius 2 is 1.63 bits per heavy atom. The normalized spacial score (nSPS) is 10.3. The summed E-state index contributed by atoms with van der Waals surface area (Å²) in [6, 6.07) is 12.7. The molecule has 0 aliphatic rings. The third kappa shape index (κ3) is 3.71. The highest BCUT2D eigenvalue weighted by Gasteiger charge is 2.03. The van der Waals surface area contributed by atoms with Gasteiger partial charge in [-0.25, -0.2) is 0 Å². The van der Waals surface area contributed by atoms with Crippen molar-refractivity contribution in [1.82, 2.24) is 4.98 Å². The first-order valence-corrected chi connectivity index (χ1v) is 6.54. The molecule has 19 heavy (non-hydrogen) atoms. The molecule has 0 radical (unpaired) electrons. The summed E-state index contributed by atoms with van der Waals surface area (Å²) in [5, 5.41) is 0. The zero-order valence-electron chi connectivity index (χ0n) is 11.9. The van der Waals surface area contributed by atoms with Crippen LogP contribution in [0.5, 0.6) is 0 Å². The van der Waals surface area contributed by atoms with Crippen molar-refractivity contribution < 1.29 is 0 Å². The lowest BCUT2D eigenvalue weighted by molar-refractivity contribution is 0.874. The van der Waals surface area contributed by atoms with E-state index in [0.717, 1.165) is 13.0 Å². The number of hydrogen-bond acceptors (Lipinski definition) is 3. The summed E-state index contributed by atoms with van der Waals surface area (Å²) in [6.07, 6.45) is 4.73. The van der Waals surface area contributed by atoms with Crippen LogP contribution < -0.4 is 9.80 Å². The van der Waals surface area contributed by atoms with Gasteiger partial charge in [-0.1, -0.05) is 6.07 Å². The maximum atomic E-state index is 4.04. The van der Waals surface area contributed by atoms with Crippen molar-refractivity contribution in [3.8, 4) is 0 Å². The summed E-state index contributed by atoms with van der Waals surface area (Å²) >= 11 is 0. The lowest BCUT2D eigenvalue weighted by Gasteiger charge is -2.21. The molecule has 0 aliphatic carbocycles. The van der Waals surface area contributed by atoms with Gasteiger partial charge < -0.3 is 9.80 Å². The van der Waals surface area contributed by atoms with Crippen molar-refractivity contribution in [3.63, 3.8) is 0 Å². The van der Waals surface area contributed by atoms with E-state index >= 15 is 0 Å². The predicted octanol–water partition coefficient (Wildman–Crippen LogP) is 2.83. The van der Waals surface area contributed by atoms with Crippen LogP contribution in [0.15, 0.2) is 48.8 Å². The Balaban J connectivity index is 2.00. The molecule has 3 heteroatoms. The Morgan fingerprint density at radius 3 is 2.32 bits per heavy atom. The molecule has 2 rings (SSSR count). The van der Waals surface area contributed by atoms with Crippen LogP contribution >= 0.6 is 0 Å². The van der Waals surface area contributed by atoms with Crippen molar-refractivity contribution in [2.75, 3.05) is 37.5 Å². The molecule has 0 amide bonds. The molecule has 1 heterocycles. The molecule has 1 aromatic carbocycles. The molecule has 0 bridgehead atoms. The molecule has 0 unspecified atom stereocenters. The molecule has 0 N–H and O–H groups in total. The first-order valence-electron chi connectivity index (χ1n) is 6.54. The molecule has 0 saturated heterocycles. The van der Waals surface area contributed by atoms with Crippen molar-refractivity contribution in [1.29, 1.82) is 0 Å². The molecule has 1 aromatic heterocycles. The fraction of sp³-hybridized carbons (Fsp3) is 0.312. The smallest absolute Gasteiger partial charge is 0.0384 e. The van der Waals surface area contributed by atoms with Crippen LogP contribution in [0.1, 0.15) is 5.56 Å². The molecule has 0 aliphatic heterocycles. The molecule has 0 atom stereocenters. The van der Waals surface area contributed by atoms with Crippen molar-refractivity contribution in [2.24, 2.45) is 0 Å². The fourth-order valence-corrected chi connectivity index (χ4v) is 1.98. The Bertz CT molecular complexity index is 508. The molecule has 3 nitrogen and oxygen atoms in total. The number of nitrogens with zero attached hydrogens (tertiary/aromatic N) is 3. The van der Waals surface area contributed by atoms with E-state index < -0.39 is 0 Å². The first-order chi connectivity index (χ1) is 9.16. The van der Waals surface area contributed by atoms with E-state index in [4.69, 9.17) is 0 Å². The molecule has 0 spiro atoms. The second-order valence-electron chi connectivity index (χ2n) is 4.94. The number of benzene rings is 1. The Kier molecular flexibility index (Phi) is 4.39. The van der Waals surface area contributed by atoms with Gasteiger partial charge in [-0.2, -0.15) is 0 Å². The van der Waals surface area contributed by atoms with Gasteiger partial charge in [-0.05, 0) is 42.3 Å². The van der Waals surface area contributed by atoms with Crippen molar-refractivity contribution in [2.45, 2.75) is 6.42 Å². The van der Waals surface area contributed by atoms with E-state index in [2.05, 4.69) is 72.3 Å². The first kappa shape index (κ1) is 13.4. The van der Waals surface area contributed by atoms with Gasteiger partial charge in [0.1, 0.15) is 0 Å². The summed E-state index contributed by atoms with van der Waals surface area (Å²) in [5.74, 6) is 0. The van der Waals surface area contributed by atoms with Gasteiger partial charge in [0, 0.05) is 51.5 Å². The van der Waals surface area contributed by atoms with E-state index in [-0.39, 0.29) is 0 Å². The van der Waals surface area contributed by atoms with Crippen LogP contribution in [0.2, 0.25) is 0 Å². The van der Waals surface area contributed by atoms with Crippen molar-refractivity contribution in [3.05, 3.63) is 54.4 Å². The fourth-order valence-electron chi connectivity index (χ4n) is 1.98. The number of likely N-dealkylation sites (N-methyl/N-ethyl adjacent to an activating group) is 1. The second-order valence-corrected chi connectivity index (χ2v) is 4.94. The van der Waals surface area contributed by atoms with Crippen LogP contribution in [0, 0.1) is 0 Å². The number of aromatic nitrogens is 1. The zero-order chi connectivity index (χ0) is 13.7. The number of pyridine rings is 1. The molecular weight excluding hydrogens is 234 g/mol. The Morgan fingerprint density at radius 1 is 0.947 bits per heavy atom. The number of anilines is 2. The van der Waals surface area contributed by atoms with Crippen LogP contribution in [0.4, 0.5) is 11.4 Å². The summed E-state index contributed by atoms with van der Waals surface area (Å²) in [6.45, 7) is 1.00. The average molecular weight is 255 g/mol. The predicted molar refractivity (Wildman–Crippen MR) is 82.0 cm³/mol. The monoisotopic (exact) mass is 255 g/mol. The van der Waals surface area contributed by atoms with Gasteiger partial charge in [0.15, 0.2) is 0 Å². The van der Waals surface area contributed by atoms with Crippen molar-refractivity contribution >= 4 is 11.4 Å². The van der Waals surface area contributed by atoms with Gasteiger partial charge >= 0.3 is 0 Å². The van der Waals surface area contributed by atoms with E-state index in [1.807, 2.05) is 12.4 Å². The van der Waals surface area contributed by atoms with Gasteiger partial charge in [0.05, 0.1) is 0 Å². The minimum Gasteiger partial charge on any atom is -0.378 e. The third-order valence-corrected chi connectivity index (χ3v) is 3.27. The maximum Gasteiger partial charge on any atom is 0.0384 e. The average Bonchev–Trinajstić information content (AvgIpc) is 2.46. The second kappa shape index (κ2) is 6.23. The van der Waals surface area contributed by atoms with Crippen LogP contribution in [0.3, 0.4) is 0 Å². The molecule has 100 valence electrons. The number of rotatable bonds is 5. The lowest BCUT2D eigenvalue weighted by Crippen LogP contribution is -2.20. The minimum atomic E-state index is 1.00. The quantitative estimate of drug-likeness (QED) is 0.819. The van der Waals surface area contributed by atoms with Gasteiger partial charge in [0.25, 0.3) is 0 Å². The molecule has 0 saturated carbocycles. The summed E-state index contributed by atoms with van der Waals surface area (Å²) in [4.78, 5) is 8.45. The molecular formula is C16H21N3. The standard InChI is InChI=1S/C16H21N3/c1-18(2)15-5-4-6-16(13-15)19(3)12-9-14-7-10-17-11-8-14/h4-8,10-11,13H,9,12H2,1-3H3. The van der Waals surface area contributed by atoms with Crippen LogP contribution in [-0.2, 0) is 6.42 Å². The van der Waals surface area contributed by atoms with E-state index in [1.165, 1.54) is 16.9 Å². The van der Waals surface area contributed by atoms with Crippen LogP contribution in [0.25, 0.3) is 0 Å². The Hall–Kier alpha value is -2.03. The Labute approximate surface area is 115 Å². The van der Waals surface area contributed by atoms with Gasteiger partial charge in [0.2, 0.25) is 0 Å². The highest BCUT2D eigenvalue weighted by Crippen LogP contribution is 2.20. The minimum absolute atomic E-state index is 1.00. The maximum absolute atomic E-state index is 4.04. The summed E-state index contributed by atoms with van der Waals surface area (Å²) < 4.78 is 0.